The number of aliphatic carboxylic acids is 1. The molecule has 3 N–H and O–H groups in total. The van der Waals surface area contributed by atoms with Gasteiger partial charge in [-0.2, -0.15) is 0 Å². The van der Waals surface area contributed by atoms with Crippen molar-refractivity contribution < 1.29 is 33.6 Å². The van der Waals surface area contributed by atoms with Crippen LogP contribution in [0.2, 0.25) is 0 Å². The number of ether oxygens (including phenoxy) is 4. The predicted molar refractivity (Wildman–Crippen MR) is 78.6 cm³/mol. The molecule has 0 amide bonds. The van der Waals surface area contributed by atoms with Gasteiger partial charge in [0.2, 0.25) is 0 Å². The highest BCUT2D eigenvalue weighted by molar-refractivity contribution is 5.69. The first-order valence-electron chi connectivity index (χ1n) is 7.47. The van der Waals surface area contributed by atoms with E-state index in [9.17, 15) is 9.59 Å². The molecular formula is C14H27NO7. The largest absolute Gasteiger partial charge is 0.481 e. The fourth-order valence-electron chi connectivity index (χ4n) is 1.46. The Bertz CT molecular complexity index is 286. The highest BCUT2D eigenvalue weighted by atomic mass is 16.6. The van der Waals surface area contributed by atoms with Crippen LogP contribution >= 0.6 is 0 Å². The van der Waals surface area contributed by atoms with Crippen molar-refractivity contribution in [3.05, 3.63) is 0 Å². The van der Waals surface area contributed by atoms with Crippen LogP contribution in [0.15, 0.2) is 0 Å². The van der Waals surface area contributed by atoms with Crippen molar-refractivity contribution in [1.29, 1.82) is 0 Å². The van der Waals surface area contributed by atoms with E-state index < -0.39 is 5.97 Å². The summed E-state index contributed by atoms with van der Waals surface area (Å²) in [5, 5.41) is 8.44. The zero-order valence-corrected chi connectivity index (χ0v) is 13.0. The summed E-state index contributed by atoms with van der Waals surface area (Å²) < 4.78 is 20.5. The standard InChI is InChI=1S/C14H27NO7/c15-5-6-19-7-8-20-9-10-21-11-12-22-14(18)4-2-1-3-13(16)17/h1-12,15H2,(H,16,17). The zero-order chi connectivity index (χ0) is 16.5. The number of hydrogen-bond acceptors (Lipinski definition) is 7. The summed E-state index contributed by atoms with van der Waals surface area (Å²) in [6.45, 7) is 3.42. The van der Waals surface area contributed by atoms with Crippen molar-refractivity contribution in [3.63, 3.8) is 0 Å². The SMILES string of the molecule is NCCOCCOCCOCCOC(=O)CCCCC(=O)O. The summed E-state index contributed by atoms with van der Waals surface area (Å²) in [6, 6.07) is 0. The summed E-state index contributed by atoms with van der Waals surface area (Å²) in [5.41, 5.74) is 5.26. The van der Waals surface area contributed by atoms with E-state index in [1.807, 2.05) is 0 Å². The van der Waals surface area contributed by atoms with Crippen LogP contribution in [0.25, 0.3) is 0 Å². The van der Waals surface area contributed by atoms with Crippen LogP contribution in [0.5, 0.6) is 0 Å². The lowest BCUT2D eigenvalue weighted by atomic mass is 10.2. The molecule has 0 fully saturated rings. The molecule has 0 atom stereocenters. The topological polar surface area (TPSA) is 117 Å². The maximum atomic E-state index is 11.3. The number of carbonyl (C=O) groups is 2. The average molecular weight is 321 g/mol. The molecule has 0 aromatic carbocycles. The molecule has 0 radical (unpaired) electrons. The molecule has 8 nitrogen and oxygen atoms in total. The molecule has 130 valence electrons. The molecule has 0 saturated carbocycles. The molecule has 0 rings (SSSR count). The molecule has 0 unspecified atom stereocenters. The Morgan fingerprint density at radius 2 is 1.27 bits per heavy atom. The number of hydrogen-bond donors (Lipinski definition) is 2. The highest BCUT2D eigenvalue weighted by Gasteiger charge is 2.04. The van der Waals surface area contributed by atoms with E-state index in [1.54, 1.807) is 0 Å². The zero-order valence-electron chi connectivity index (χ0n) is 13.0. The summed E-state index contributed by atoms with van der Waals surface area (Å²) in [4.78, 5) is 21.5. The molecule has 22 heavy (non-hydrogen) atoms. The van der Waals surface area contributed by atoms with Crippen molar-refractivity contribution in [2.75, 3.05) is 52.8 Å². The monoisotopic (exact) mass is 321 g/mol. The fraction of sp³-hybridized carbons (Fsp3) is 0.857. The Balaban J connectivity index is 3.15. The first kappa shape index (κ1) is 20.8. The molecule has 0 aromatic heterocycles. The van der Waals surface area contributed by atoms with Gasteiger partial charge >= 0.3 is 11.9 Å². The maximum Gasteiger partial charge on any atom is 0.305 e. The number of nitrogens with two attached hydrogens (primary N) is 1. The van der Waals surface area contributed by atoms with Gasteiger partial charge < -0.3 is 29.8 Å². The summed E-state index contributed by atoms with van der Waals surface area (Å²) in [6.07, 6.45) is 1.31. The molecule has 0 aliphatic heterocycles. The summed E-state index contributed by atoms with van der Waals surface area (Å²) in [7, 11) is 0. The van der Waals surface area contributed by atoms with Gasteiger partial charge in [0, 0.05) is 19.4 Å². The minimum absolute atomic E-state index is 0.0770. The van der Waals surface area contributed by atoms with Crippen LogP contribution in [0.3, 0.4) is 0 Å². The van der Waals surface area contributed by atoms with Crippen molar-refractivity contribution in [3.8, 4) is 0 Å². The Morgan fingerprint density at radius 1 is 0.773 bits per heavy atom. The lowest BCUT2D eigenvalue weighted by molar-refractivity contribution is -0.146. The molecule has 8 heteroatoms. The minimum Gasteiger partial charge on any atom is -0.481 e. The smallest absolute Gasteiger partial charge is 0.305 e. The molecule has 0 spiro atoms. The molecular weight excluding hydrogens is 294 g/mol. The number of esters is 1. The second kappa shape index (κ2) is 16.2. The molecule has 0 aromatic rings. The van der Waals surface area contributed by atoms with Gasteiger partial charge in [-0.15, -0.1) is 0 Å². The number of carbonyl (C=O) groups excluding carboxylic acids is 1. The number of unbranched alkanes of at least 4 members (excludes halogenated alkanes) is 1. The van der Waals surface area contributed by atoms with Gasteiger partial charge in [0.05, 0.1) is 39.6 Å². The van der Waals surface area contributed by atoms with Crippen LogP contribution in [-0.2, 0) is 28.5 Å². The van der Waals surface area contributed by atoms with Gasteiger partial charge in [0.25, 0.3) is 0 Å². The van der Waals surface area contributed by atoms with Crippen LogP contribution in [-0.4, -0.2) is 69.8 Å². The number of carboxylic acids is 1. The van der Waals surface area contributed by atoms with E-state index in [4.69, 9.17) is 29.8 Å². The van der Waals surface area contributed by atoms with Gasteiger partial charge in [-0.05, 0) is 12.8 Å². The normalized spacial score (nSPS) is 10.6. The first-order valence-corrected chi connectivity index (χ1v) is 7.47. The van der Waals surface area contributed by atoms with Crippen LogP contribution in [0.1, 0.15) is 25.7 Å². The van der Waals surface area contributed by atoms with Crippen molar-refractivity contribution in [2.45, 2.75) is 25.7 Å². The van der Waals surface area contributed by atoms with Gasteiger partial charge in [-0.1, -0.05) is 0 Å². The molecule has 0 heterocycles. The van der Waals surface area contributed by atoms with Gasteiger partial charge in [0.1, 0.15) is 6.61 Å². The Morgan fingerprint density at radius 3 is 1.82 bits per heavy atom. The molecule has 0 aliphatic carbocycles. The van der Waals surface area contributed by atoms with Crippen LogP contribution in [0.4, 0.5) is 0 Å². The fourth-order valence-corrected chi connectivity index (χ4v) is 1.46. The third-order valence-electron chi connectivity index (χ3n) is 2.52. The van der Waals surface area contributed by atoms with E-state index >= 15 is 0 Å². The molecule has 0 bridgehead atoms. The van der Waals surface area contributed by atoms with E-state index in [1.165, 1.54) is 0 Å². The van der Waals surface area contributed by atoms with E-state index in [2.05, 4.69) is 0 Å². The Kier molecular flexibility index (Phi) is 15.3. The third-order valence-corrected chi connectivity index (χ3v) is 2.52. The second-order valence-corrected chi connectivity index (χ2v) is 4.45. The second-order valence-electron chi connectivity index (χ2n) is 4.45. The summed E-state index contributed by atoms with van der Waals surface area (Å²) in [5.74, 6) is -1.18. The number of rotatable bonds is 16. The molecule has 0 aliphatic rings. The molecule has 0 saturated heterocycles. The average Bonchev–Trinajstić information content (AvgIpc) is 2.49. The van der Waals surface area contributed by atoms with Crippen molar-refractivity contribution in [1.82, 2.24) is 0 Å². The first-order chi connectivity index (χ1) is 10.7. The van der Waals surface area contributed by atoms with Crippen molar-refractivity contribution >= 4 is 11.9 Å². The highest BCUT2D eigenvalue weighted by Crippen LogP contribution is 2.01. The lowest BCUT2D eigenvalue weighted by Gasteiger charge is -2.07. The van der Waals surface area contributed by atoms with Crippen LogP contribution in [0, 0.1) is 0 Å². The van der Waals surface area contributed by atoms with Crippen molar-refractivity contribution in [2.24, 2.45) is 5.73 Å². The van der Waals surface area contributed by atoms with E-state index in [0.717, 1.165) is 0 Å². The van der Waals surface area contributed by atoms with Crippen LogP contribution < -0.4 is 5.73 Å². The maximum absolute atomic E-state index is 11.3. The summed E-state index contributed by atoms with van der Waals surface area (Å²) >= 11 is 0. The van der Waals surface area contributed by atoms with E-state index in [0.29, 0.717) is 59.0 Å². The van der Waals surface area contributed by atoms with E-state index in [-0.39, 0.29) is 25.4 Å². The Labute approximate surface area is 130 Å². The number of carboxylic acid groups (broad SMARTS) is 1. The predicted octanol–water partition coefficient (Wildman–Crippen LogP) is 0.183. The van der Waals surface area contributed by atoms with Gasteiger partial charge in [-0.3, -0.25) is 9.59 Å². The quantitative estimate of drug-likeness (QED) is 0.305. The third kappa shape index (κ3) is 16.8. The van der Waals surface area contributed by atoms with Gasteiger partial charge in [-0.25, -0.2) is 0 Å². The Hall–Kier alpha value is -1.22. The minimum atomic E-state index is -0.852. The van der Waals surface area contributed by atoms with Gasteiger partial charge in [0.15, 0.2) is 0 Å². The lowest BCUT2D eigenvalue weighted by Crippen LogP contribution is -2.15.